The lowest BCUT2D eigenvalue weighted by atomic mass is 10.1. The molecule has 0 aliphatic rings. The number of rotatable bonds is 2. The van der Waals surface area contributed by atoms with Crippen molar-refractivity contribution in [3.05, 3.63) is 41.5 Å². The van der Waals surface area contributed by atoms with Gasteiger partial charge in [0.05, 0.1) is 16.0 Å². The lowest BCUT2D eigenvalue weighted by molar-refractivity contribution is 0.0697. The molecule has 0 atom stereocenters. The van der Waals surface area contributed by atoms with Crippen LogP contribution in [0.15, 0.2) is 36.0 Å². The average Bonchev–Trinajstić information content (AvgIpc) is 2.71. The van der Waals surface area contributed by atoms with Crippen LogP contribution in [0.3, 0.4) is 0 Å². The highest BCUT2D eigenvalue weighted by Gasteiger charge is 2.03. The van der Waals surface area contributed by atoms with E-state index in [-0.39, 0.29) is 0 Å². The number of carboxylic acid groups (broad SMARTS) is 1. The van der Waals surface area contributed by atoms with Gasteiger partial charge in [-0.3, -0.25) is 4.98 Å². The van der Waals surface area contributed by atoms with E-state index in [0.717, 1.165) is 10.4 Å². The van der Waals surface area contributed by atoms with E-state index in [2.05, 4.69) is 4.98 Å². The molecule has 0 fully saturated rings. The molecule has 1 aromatic heterocycles. The number of aromatic carboxylic acids is 1. The van der Waals surface area contributed by atoms with Crippen LogP contribution in [0.25, 0.3) is 10.4 Å². The molecule has 2 aromatic rings. The van der Waals surface area contributed by atoms with Crippen LogP contribution in [0.1, 0.15) is 10.4 Å². The zero-order valence-corrected chi connectivity index (χ0v) is 7.99. The second-order valence-corrected chi connectivity index (χ2v) is 3.63. The van der Waals surface area contributed by atoms with E-state index < -0.39 is 5.97 Å². The molecule has 1 N–H and O–H groups in total. The monoisotopic (exact) mass is 205 g/mol. The van der Waals surface area contributed by atoms with Crippen LogP contribution in [-0.4, -0.2) is 16.1 Å². The van der Waals surface area contributed by atoms with E-state index in [1.54, 1.807) is 36.0 Å². The fourth-order valence-electron chi connectivity index (χ4n) is 1.14. The largest absolute Gasteiger partial charge is 0.478 e. The van der Waals surface area contributed by atoms with Gasteiger partial charge in [0.2, 0.25) is 0 Å². The third-order valence-electron chi connectivity index (χ3n) is 1.85. The first-order chi connectivity index (χ1) is 6.77. The first-order valence-corrected chi connectivity index (χ1v) is 4.87. The Balaban J connectivity index is 2.36. The second kappa shape index (κ2) is 3.59. The van der Waals surface area contributed by atoms with Crippen LogP contribution in [-0.2, 0) is 0 Å². The van der Waals surface area contributed by atoms with Gasteiger partial charge in [-0.2, -0.15) is 0 Å². The Morgan fingerprint density at radius 1 is 1.29 bits per heavy atom. The van der Waals surface area contributed by atoms with E-state index in [1.807, 2.05) is 0 Å². The zero-order valence-electron chi connectivity index (χ0n) is 7.18. The lowest BCUT2D eigenvalue weighted by Gasteiger charge is -1.97. The van der Waals surface area contributed by atoms with Gasteiger partial charge in [-0.25, -0.2) is 4.79 Å². The molecule has 3 nitrogen and oxygen atoms in total. The fourth-order valence-corrected chi connectivity index (χ4v) is 1.76. The van der Waals surface area contributed by atoms with Crippen molar-refractivity contribution in [3.8, 4) is 10.4 Å². The number of carbonyl (C=O) groups is 1. The molecule has 0 aliphatic carbocycles. The topological polar surface area (TPSA) is 50.2 Å². The van der Waals surface area contributed by atoms with Gasteiger partial charge in [0, 0.05) is 6.20 Å². The minimum absolute atomic E-state index is 0.304. The summed E-state index contributed by atoms with van der Waals surface area (Å²) in [4.78, 5) is 15.6. The maximum atomic E-state index is 10.6. The molecule has 0 radical (unpaired) electrons. The molecule has 0 unspecified atom stereocenters. The number of benzene rings is 1. The number of hydrogen-bond acceptors (Lipinski definition) is 3. The highest BCUT2D eigenvalue weighted by Crippen LogP contribution is 2.23. The first kappa shape index (κ1) is 8.90. The predicted molar refractivity (Wildman–Crippen MR) is 54.5 cm³/mol. The highest BCUT2D eigenvalue weighted by atomic mass is 32.1. The quantitative estimate of drug-likeness (QED) is 0.819. The molecule has 0 amide bonds. The van der Waals surface area contributed by atoms with E-state index in [0.29, 0.717) is 5.56 Å². The van der Waals surface area contributed by atoms with Crippen LogP contribution in [0.5, 0.6) is 0 Å². The van der Waals surface area contributed by atoms with Crippen molar-refractivity contribution < 1.29 is 9.90 Å². The fraction of sp³-hybridized carbons (Fsp3) is 0. The van der Waals surface area contributed by atoms with Crippen molar-refractivity contribution in [2.24, 2.45) is 0 Å². The molecule has 0 saturated carbocycles. The molecular formula is C10H7NO2S. The van der Waals surface area contributed by atoms with Crippen molar-refractivity contribution in [1.82, 2.24) is 4.98 Å². The first-order valence-electron chi connectivity index (χ1n) is 3.99. The molecular weight excluding hydrogens is 198 g/mol. The third-order valence-corrected chi connectivity index (χ3v) is 2.67. The summed E-state index contributed by atoms with van der Waals surface area (Å²) in [5.41, 5.74) is 3.05. The summed E-state index contributed by atoms with van der Waals surface area (Å²) in [7, 11) is 0. The smallest absolute Gasteiger partial charge is 0.335 e. The van der Waals surface area contributed by atoms with Crippen LogP contribution < -0.4 is 0 Å². The lowest BCUT2D eigenvalue weighted by Crippen LogP contribution is -1.94. The summed E-state index contributed by atoms with van der Waals surface area (Å²) < 4.78 is 0. The maximum absolute atomic E-state index is 10.6. The summed E-state index contributed by atoms with van der Waals surface area (Å²) in [5.74, 6) is -0.902. The molecule has 1 aromatic carbocycles. The Bertz CT molecular complexity index is 434. The molecule has 0 aliphatic heterocycles. The SMILES string of the molecule is O=C(O)c1ccc(-c2cncs2)cc1. The predicted octanol–water partition coefficient (Wildman–Crippen LogP) is 2.51. The Hall–Kier alpha value is -1.68. The van der Waals surface area contributed by atoms with Gasteiger partial charge in [-0.1, -0.05) is 12.1 Å². The van der Waals surface area contributed by atoms with Crippen LogP contribution in [0.2, 0.25) is 0 Å². The number of thiazole rings is 1. The van der Waals surface area contributed by atoms with Crippen molar-refractivity contribution in [3.63, 3.8) is 0 Å². The average molecular weight is 205 g/mol. The summed E-state index contributed by atoms with van der Waals surface area (Å²) in [6.45, 7) is 0. The number of nitrogens with zero attached hydrogens (tertiary/aromatic N) is 1. The van der Waals surface area contributed by atoms with Gasteiger partial charge in [0.15, 0.2) is 0 Å². The normalized spacial score (nSPS) is 10.0. The molecule has 2 rings (SSSR count). The molecule has 70 valence electrons. The van der Waals surface area contributed by atoms with Crippen LogP contribution >= 0.6 is 11.3 Å². The van der Waals surface area contributed by atoms with Gasteiger partial charge in [0.25, 0.3) is 0 Å². The molecule has 0 saturated heterocycles. The van der Waals surface area contributed by atoms with Gasteiger partial charge >= 0.3 is 5.97 Å². The van der Waals surface area contributed by atoms with Crippen LogP contribution in [0, 0.1) is 0 Å². The summed E-state index contributed by atoms with van der Waals surface area (Å²) in [6.07, 6.45) is 1.76. The third kappa shape index (κ3) is 1.65. The Morgan fingerprint density at radius 2 is 2.00 bits per heavy atom. The zero-order chi connectivity index (χ0) is 9.97. The molecule has 0 bridgehead atoms. The Labute approximate surface area is 84.7 Å². The van der Waals surface area contributed by atoms with Crippen LogP contribution in [0.4, 0.5) is 0 Å². The highest BCUT2D eigenvalue weighted by molar-refractivity contribution is 7.13. The summed E-state index contributed by atoms with van der Waals surface area (Å²) >= 11 is 1.53. The molecule has 14 heavy (non-hydrogen) atoms. The number of aromatic nitrogens is 1. The van der Waals surface area contributed by atoms with Crippen molar-refractivity contribution in [2.45, 2.75) is 0 Å². The summed E-state index contributed by atoms with van der Waals surface area (Å²) in [5, 5.41) is 8.70. The Morgan fingerprint density at radius 3 is 2.50 bits per heavy atom. The molecule has 4 heteroatoms. The molecule has 0 spiro atoms. The van der Waals surface area contributed by atoms with E-state index in [1.165, 1.54) is 11.3 Å². The van der Waals surface area contributed by atoms with Gasteiger partial charge in [0.1, 0.15) is 0 Å². The van der Waals surface area contributed by atoms with Gasteiger partial charge < -0.3 is 5.11 Å². The standard InChI is InChI=1S/C10H7NO2S/c12-10(13)8-3-1-7(2-4-8)9-5-11-6-14-9/h1-6H,(H,12,13). The number of hydrogen-bond donors (Lipinski definition) is 1. The van der Waals surface area contributed by atoms with Gasteiger partial charge in [-0.15, -0.1) is 11.3 Å². The second-order valence-electron chi connectivity index (χ2n) is 2.75. The van der Waals surface area contributed by atoms with Gasteiger partial charge in [-0.05, 0) is 17.7 Å². The van der Waals surface area contributed by atoms with Crippen molar-refractivity contribution >= 4 is 17.3 Å². The van der Waals surface area contributed by atoms with Crippen molar-refractivity contribution in [2.75, 3.05) is 0 Å². The minimum Gasteiger partial charge on any atom is -0.478 e. The Kier molecular flexibility index (Phi) is 2.28. The maximum Gasteiger partial charge on any atom is 0.335 e. The van der Waals surface area contributed by atoms with Crippen molar-refractivity contribution in [1.29, 1.82) is 0 Å². The van der Waals surface area contributed by atoms with E-state index >= 15 is 0 Å². The van der Waals surface area contributed by atoms with E-state index in [4.69, 9.17) is 5.11 Å². The number of carboxylic acids is 1. The molecule has 1 heterocycles. The van der Waals surface area contributed by atoms with E-state index in [9.17, 15) is 4.79 Å². The minimum atomic E-state index is -0.902. The summed E-state index contributed by atoms with van der Waals surface area (Å²) in [6, 6.07) is 6.77.